The summed E-state index contributed by atoms with van der Waals surface area (Å²) in [6.45, 7) is 6.81. The number of hydrogen-bond acceptors (Lipinski definition) is 4. The van der Waals surface area contributed by atoms with Gasteiger partial charge in [0.1, 0.15) is 11.3 Å². The lowest BCUT2D eigenvalue weighted by atomic mass is 10.0. The van der Waals surface area contributed by atoms with Crippen LogP contribution in [0.15, 0.2) is 48.5 Å². The van der Waals surface area contributed by atoms with E-state index in [4.69, 9.17) is 4.98 Å². The number of aryl methyl sites for hydroxylation is 2. The molecular formula is C23H21FN6. The van der Waals surface area contributed by atoms with Gasteiger partial charge in [-0.15, -0.1) is 10.2 Å². The van der Waals surface area contributed by atoms with Crippen LogP contribution in [0.2, 0.25) is 0 Å². The van der Waals surface area contributed by atoms with Crippen LogP contribution in [0.5, 0.6) is 0 Å². The van der Waals surface area contributed by atoms with E-state index in [9.17, 15) is 4.39 Å². The zero-order valence-corrected chi connectivity index (χ0v) is 17.1. The first-order valence-electron chi connectivity index (χ1n) is 9.98. The minimum Gasteiger partial charge on any atom is -0.324 e. The molecule has 2 aromatic carbocycles. The molecule has 0 aliphatic carbocycles. The van der Waals surface area contributed by atoms with Crippen LogP contribution in [-0.2, 0) is 13.0 Å². The Morgan fingerprint density at radius 3 is 2.63 bits per heavy atom. The van der Waals surface area contributed by atoms with Crippen molar-refractivity contribution in [3.8, 4) is 5.95 Å². The highest BCUT2D eigenvalue weighted by atomic mass is 19.1. The van der Waals surface area contributed by atoms with Crippen molar-refractivity contribution in [1.29, 1.82) is 0 Å². The van der Waals surface area contributed by atoms with E-state index in [-0.39, 0.29) is 5.82 Å². The van der Waals surface area contributed by atoms with Gasteiger partial charge in [-0.1, -0.05) is 30.3 Å². The van der Waals surface area contributed by atoms with E-state index in [1.54, 1.807) is 16.8 Å². The molecule has 0 amide bonds. The quantitative estimate of drug-likeness (QED) is 0.445. The Hall–Kier alpha value is -3.61. The Kier molecular flexibility index (Phi) is 4.31. The topological polar surface area (TPSA) is 61.4 Å². The summed E-state index contributed by atoms with van der Waals surface area (Å²) in [5.74, 6) is 0.201. The van der Waals surface area contributed by atoms with Crippen molar-refractivity contribution in [3.05, 3.63) is 76.9 Å². The molecule has 0 fully saturated rings. The van der Waals surface area contributed by atoms with Gasteiger partial charge in [0, 0.05) is 29.6 Å². The fourth-order valence-electron chi connectivity index (χ4n) is 4.08. The van der Waals surface area contributed by atoms with E-state index in [1.807, 2.05) is 38.1 Å². The van der Waals surface area contributed by atoms with Gasteiger partial charge in [0.05, 0.1) is 11.2 Å². The third-order valence-corrected chi connectivity index (χ3v) is 5.58. The summed E-state index contributed by atoms with van der Waals surface area (Å²) < 4.78 is 17.5. The van der Waals surface area contributed by atoms with Gasteiger partial charge in [-0.25, -0.2) is 9.07 Å². The van der Waals surface area contributed by atoms with Gasteiger partial charge in [0.2, 0.25) is 0 Å². The average molecular weight is 400 g/mol. The smallest absolute Gasteiger partial charge is 0.272 e. The Labute approximate surface area is 173 Å². The Morgan fingerprint density at radius 2 is 1.83 bits per heavy atom. The lowest BCUT2D eigenvalue weighted by Crippen LogP contribution is -2.08. The van der Waals surface area contributed by atoms with E-state index >= 15 is 0 Å². The van der Waals surface area contributed by atoms with E-state index in [1.165, 1.54) is 6.07 Å². The summed E-state index contributed by atoms with van der Waals surface area (Å²) in [6, 6.07) is 14.8. The van der Waals surface area contributed by atoms with Gasteiger partial charge in [-0.2, -0.15) is 10.1 Å². The van der Waals surface area contributed by atoms with Crippen molar-refractivity contribution < 1.29 is 4.39 Å². The zero-order valence-electron chi connectivity index (χ0n) is 17.1. The molecule has 7 heteroatoms. The molecule has 0 aliphatic rings. The molecule has 0 bridgehead atoms. The van der Waals surface area contributed by atoms with Crippen molar-refractivity contribution in [1.82, 2.24) is 29.5 Å². The molecule has 0 aliphatic heterocycles. The van der Waals surface area contributed by atoms with Crippen LogP contribution in [-0.4, -0.2) is 29.5 Å². The molecule has 0 N–H and O–H groups in total. The second kappa shape index (κ2) is 7.02. The van der Waals surface area contributed by atoms with Gasteiger partial charge in [-0.05, 0) is 44.5 Å². The van der Waals surface area contributed by atoms with Crippen LogP contribution in [0.1, 0.15) is 29.4 Å². The molecular weight excluding hydrogens is 379 g/mol. The largest absolute Gasteiger partial charge is 0.324 e. The molecule has 3 aromatic heterocycles. The van der Waals surface area contributed by atoms with Gasteiger partial charge in [-0.3, -0.25) is 0 Å². The zero-order chi connectivity index (χ0) is 20.8. The molecule has 6 nitrogen and oxygen atoms in total. The molecule has 0 saturated carbocycles. The molecule has 0 unspecified atom stereocenters. The number of halogens is 1. The van der Waals surface area contributed by atoms with Crippen LogP contribution in [0.25, 0.3) is 28.0 Å². The average Bonchev–Trinajstić information content (AvgIpc) is 3.22. The molecule has 5 rings (SSSR count). The first-order chi connectivity index (χ1) is 14.6. The maximum atomic E-state index is 13.6. The normalized spacial score (nSPS) is 11.6. The number of nitrogens with zero attached hydrogens (tertiary/aromatic N) is 6. The highest BCUT2D eigenvalue weighted by Crippen LogP contribution is 2.27. The number of benzene rings is 2. The van der Waals surface area contributed by atoms with E-state index in [0.717, 1.165) is 51.1 Å². The number of hydrogen-bond donors (Lipinski definition) is 0. The maximum Gasteiger partial charge on any atom is 0.272 e. The van der Waals surface area contributed by atoms with Gasteiger partial charge in [0.25, 0.3) is 5.95 Å². The minimum absolute atomic E-state index is 0.236. The highest BCUT2D eigenvalue weighted by Gasteiger charge is 2.18. The SMILES string of the molecule is CCn1c2ccccc2c2nnc(-n3nc(C)c(Cc4cccc(F)c4)c3C)nc21. The summed E-state index contributed by atoms with van der Waals surface area (Å²) in [5, 5.41) is 14.6. The van der Waals surface area contributed by atoms with Crippen LogP contribution in [0, 0.1) is 19.7 Å². The summed E-state index contributed by atoms with van der Waals surface area (Å²) in [4.78, 5) is 4.82. The fraction of sp³-hybridized carbons (Fsp3) is 0.217. The number of aromatic nitrogens is 6. The van der Waals surface area contributed by atoms with Crippen LogP contribution < -0.4 is 0 Å². The Bertz CT molecular complexity index is 1400. The molecule has 0 saturated heterocycles. The third kappa shape index (κ3) is 2.85. The second-order valence-electron chi connectivity index (χ2n) is 7.41. The predicted molar refractivity (Wildman–Crippen MR) is 114 cm³/mol. The van der Waals surface area contributed by atoms with Crippen molar-refractivity contribution in [2.45, 2.75) is 33.7 Å². The first kappa shape index (κ1) is 18.4. The fourth-order valence-corrected chi connectivity index (χ4v) is 4.08. The summed E-state index contributed by atoms with van der Waals surface area (Å²) in [5.41, 5.74) is 6.42. The monoisotopic (exact) mass is 400 g/mol. The van der Waals surface area contributed by atoms with Crippen LogP contribution in [0.4, 0.5) is 4.39 Å². The maximum absolute atomic E-state index is 13.6. The van der Waals surface area contributed by atoms with E-state index in [0.29, 0.717) is 12.4 Å². The Morgan fingerprint density at radius 1 is 1.00 bits per heavy atom. The number of rotatable bonds is 4. The number of fused-ring (bicyclic) bond motifs is 3. The molecule has 150 valence electrons. The van der Waals surface area contributed by atoms with Crippen LogP contribution in [0.3, 0.4) is 0 Å². The Balaban J connectivity index is 1.63. The second-order valence-corrected chi connectivity index (χ2v) is 7.41. The van der Waals surface area contributed by atoms with Crippen molar-refractivity contribution >= 4 is 22.1 Å². The summed E-state index contributed by atoms with van der Waals surface area (Å²) in [6.07, 6.45) is 0.598. The van der Waals surface area contributed by atoms with E-state index in [2.05, 4.69) is 32.9 Å². The van der Waals surface area contributed by atoms with Crippen molar-refractivity contribution in [3.63, 3.8) is 0 Å². The van der Waals surface area contributed by atoms with Crippen LogP contribution >= 0.6 is 0 Å². The molecule has 0 radical (unpaired) electrons. The van der Waals surface area contributed by atoms with Crippen molar-refractivity contribution in [2.24, 2.45) is 0 Å². The highest BCUT2D eigenvalue weighted by molar-refractivity contribution is 6.04. The van der Waals surface area contributed by atoms with E-state index < -0.39 is 0 Å². The molecule has 0 atom stereocenters. The summed E-state index contributed by atoms with van der Waals surface area (Å²) >= 11 is 0. The predicted octanol–water partition coefficient (Wildman–Crippen LogP) is 4.53. The molecule has 30 heavy (non-hydrogen) atoms. The molecule has 5 aromatic rings. The lowest BCUT2D eigenvalue weighted by molar-refractivity contribution is 0.626. The molecule has 0 spiro atoms. The summed E-state index contributed by atoms with van der Waals surface area (Å²) in [7, 11) is 0. The number of para-hydroxylation sites is 1. The van der Waals surface area contributed by atoms with Gasteiger partial charge >= 0.3 is 0 Å². The first-order valence-corrected chi connectivity index (χ1v) is 9.98. The third-order valence-electron chi connectivity index (χ3n) is 5.58. The lowest BCUT2D eigenvalue weighted by Gasteiger charge is -2.06. The van der Waals surface area contributed by atoms with Gasteiger partial charge < -0.3 is 4.57 Å². The standard InChI is InChI=1S/C23H21FN6/c1-4-29-20-11-6-5-10-18(20)21-22(29)25-23(27-26-21)30-15(3)19(14(2)28-30)13-16-8-7-9-17(24)12-16/h5-12H,4,13H2,1-3H3. The van der Waals surface area contributed by atoms with Crippen molar-refractivity contribution in [2.75, 3.05) is 0 Å². The molecule has 3 heterocycles. The minimum atomic E-state index is -0.236. The van der Waals surface area contributed by atoms with Gasteiger partial charge in [0.15, 0.2) is 5.65 Å².